The summed E-state index contributed by atoms with van der Waals surface area (Å²) in [6, 6.07) is 11.4. The van der Waals surface area contributed by atoms with Crippen molar-refractivity contribution in [2.24, 2.45) is 0 Å². The molecule has 0 bridgehead atoms. The van der Waals surface area contributed by atoms with Crippen LogP contribution in [-0.2, 0) is 0 Å². The van der Waals surface area contributed by atoms with Gasteiger partial charge in [-0.15, -0.1) is 0 Å². The van der Waals surface area contributed by atoms with Crippen LogP contribution in [0.15, 0.2) is 36.4 Å². The number of halogens is 1. The van der Waals surface area contributed by atoms with Gasteiger partial charge < -0.3 is 9.84 Å². The molecule has 0 saturated carbocycles. The van der Waals surface area contributed by atoms with Gasteiger partial charge in [-0.1, -0.05) is 46.9 Å². The minimum absolute atomic E-state index is 0.119. The Bertz CT molecular complexity index is 618. The van der Waals surface area contributed by atoms with Gasteiger partial charge in [0.25, 0.3) is 0 Å². The SMILES string of the molecule is COc1ccc(-c2ccc(C(C)I)cc2)c(C=O)c1O. The highest BCUT2D eigenvalue weighted by atomic mass is 127. The van der Waals surface area contributed by atoms with E-state index in [4.69, 9.17) is 4.74 Å². The number of alkyl halides is 1. The number of carbonyl (C=O) groups is 1. The molecule has 2 aromatic rings. The first kappa shape index (κ1) is 14.8. The maximum Gasteiger partial charge on any atom is 0.169 e. The van der Waals surface area contributed by atoms with Crippen LogP contribution in [0.4, 0.5) is 0 Å². The van der Waals surface area contributed by atoms with Crippen molar-refractivity contribution in [1.29, 1.82) is 0 Å². The van der Waals surface area contributed by atoms with Crippen molar-refractivity contribution < 1.29 is 14.6 Å². The summed E-state index contributed by atoms with van der Waals surface area (Å²) in [4.78, 5) is 11.2. The number of phenols is 1. The third-order valence-corrected chi connectivity index (χ3v) is 3.92. The van der Waals surface area contributed by atoms with Crippen LogP contribution >= 0.6 is 22.6 Å². The molecule has 2 rings (SSSR count). The molecule has 0 aromatic heterocycles. The lowest BCUT2D eigenvalue weighted by molar-refractivity contribution is 0.112. The van der Waals surface area contributed by atoms with Gasteiger partial charge in [-0.25, -0.2) is 0 Å². The summed E-state index contributed by atoms with van der Waals surface area (Å²) in [5.74, 6) is 0.180. The predicted octanol–water partition coefficient (Wildman–Crippen LogP) is 4.38. The molecule has 0 radical (unpaired) electrons. The number of phenolic OH excluding ortho intramolecular Hbond substituents is 1. The fourth-order valence-electron chi connectivity index (χ4n) is 2.05. The van der Waals surface area contributed by atoms with Gasteiger partial charge in [0.1, 0.15) is 0 Å². The van der Waals surface area contributed by atoms with Crippen molar-refractivity contribution in [1.82, 2.24) is 0 Å². The monoisotopic (exact) mass is 382 g/mol. The largest absolute Gasteiger partial charge is 0.504 e. The second kappa shape index (κ2) is 6.26. The number of benzene rings is 2. The van der Waals surface area contributed by atoms with E-state index in [9.17, 15) is 9.90 Å². The second-order valence-corrected chi connectivity index (χ2v) is 6.30. The highest BCUT2D eigenvalue weighted by Crippen LogP contribution is 2.36. The number of ether oxygens (including phenoxy) is 1. The topological polar surface area (TPSA) is 46.5 Å². The zero-order valence-corrected chi connectivity index (χ0v) is 13.4. The minimum Gasteiger partial charge on any atom is -0.504 e. The van der Waals surface area contributed by atoms with Crippen LogP contribution in [0.2, 0.25) is 0 Å². The Kier molecular flexibility index (Phi) is 4.65. The summed E-state index contributed by atoms with van der Waals surface area (Å²) >= 11 is 2.35. The number of rotatable bonds is 4. The summed E-state index contributed by atoms with van der Waals surface area (Å²) in [6.07, 6.45) is 0.655. The Labute approximate surface area is 131 Å². The molecule has 0 aliphatic heterocycles. The maximum absolute atomic E-state index is 11.2. The number of hydrogen-bond acceptors (Lipinski definition) is 3. The molecule has 3 nitrogen and oxygen atoms in total. The Morgan fingerprint density at radius 2 is 1.85 bits per heavy atom. The van der Waals surface area contributed by atoms with Crippen LogP contribution in [0.3, 0.4) is 0 Å². The van der Waals surface area contributed by atoms with Gasteiger partial charge in [-0.2, -0.15) is 0 Å². The van der Waals surface area contributed by atoms with E-state index in [1.807, 2.05) is 24.3 Å². The summed E-state index contributed by atoms with van der Waals surface area (Å²) in [7, 11) is 1.46. The van der Waals surface area contributed by atoms with E-state index in [0.717, 1.165) is 5.56 Å². The molecule has 20 heavy (non-hydrogen) atoms. The molecule has 0 amide bonds. The van der Waals surface area contributed by atoms with Crippen LogP contribution in [0, 0.1) is 0 Å². The Morgan fingerprint density at radius 1 is 1.20 bits per heavy atom. The van der Waals surface area contributed by atoms with Crippen molar-refractivity contribution in [3.63, 3.8) is 0 Å². The molecular formula is C16H15IO3. The fourth-order valence-corrected chi connectivity index (χ4v) is 2.47. The molecule has 0 aliphatic rings. The molecule has 2 aromatic carbocycles. The lowest BCUT2D eigenvalue weighted by Gasteiger charge is -2.11. The molecule has 1 unspecified atom stereocenters. The third kappa shape index (κ3) is 2.80. The fraction of sp³-hybridized carbons (Fsp3) is 0.188. The van der Waals surface area contributed by atoms with E-state index in [0.29, 0.717) is 21.5 Å². The second-order valence-electron chi connectivity index (χ2n) is 4.43. The molecule has 0 saturated heterocycles. The van der Waals surface area contributed by atoms with Gasteiger partial charge in [0.15, 0.2) is 17.8 Å². The predicted molar refractivity (Wildman–Crippen MR) is 87.9 cm³/mol. The first-order valence-corrected chi connectivity index (χ1v) is 7.42. The van der Waals surface area contributed by atoms with E-state index in [-0.39, 0.29) is 11.3 Å². The van der Waals surface area contributed by atoms with E-state index in [1.54, 1.807) is 12.1 Å². The summed E-state index contributed by atoms with van der Waals surface area (Å²) < 4.78 is 5.45. The molecular weight excluding hydrogens is 367 g/mol. The quantitative estimate of drug-likeness (QED) is 0.485. The van der Waals surface area contributed by atoms with Crippen LogP contribution in [0.5, 0.6) is 11.5 Å². The standard InChI is InChI=1S/C16H15IO3/c1-10(17)11-3-5-12(6-4-11)13-7-8-15(20-2)16(19)14(13)9-18/h3-10,19H,1-2H3. The number of aldehydes is 1. The maximum atomic E-state index is 11.2. The lowest BCUT2D eigenvalue weighted by Crippen LogP contribution is -1.93. The summed E-state index contributed by atoms with van der Waals surface area (Å²) in [5.41, 5.74) is 3.07. The lowest BCUT2D eigenvalue weighted by atomic mass is 9.98. The molecule has 0 heterocycles. The van der Waals surface area contributed by atoms with Gasteiger partial charge in [0.2, 0.25) is 0 Å². The number of aromatic hydroxyl groups is 1. The van der Waals surface area contributed by atoms with Crippen molar-refractivity contribution in [3.8, 4) is 22.6 Å². The van der Waals surface area contributed by atoms with E-state index in [2.05, 4.69) is 29.5 Å². The Hall–Kier alpha value is -1.56. The smallest absolute Gasteiger partial charge is 0.169 e. The number of hydrogen-bond donors (Lipinski definition) is 1. The average Bonchev–Trinajstić information content (AvgIpc) is 2.47. The zero-order valence-electron chi connectivity index (χ0n) is 11.3. The molecule has 4 heteroatoms. The summed E-state index contributed by atoms with van der Waals surface area (Å²) in [5, 5.41) is 10.0. The van der Waals surface area contributed by atoms with Crippen molar-refractivity contribution >= 4 is 28.9 Å². The van der Waals surface area contributed by atoms with Crippen LogP contribution in [0.1, 0.15) is 26.8 Å². The van der Waals surface area contributed by atoms with Gasteiger partial charge in [0, 0.05) is 3.92 Å². The Balaban J connectivity index is 2.52. The van der Waals surface area contributed by atoms with Crippen molar-refractivity contribution in [3.05, 3.63) is 47.5 Å². The number of carbonyl (C=O) groups excluding carboxylic acids is 1. The number of methoxy groups -OCH3 is 1. The molecule has 0 spiro atoms. The van der Waals surface area contributed by atoms with E-state index < -0.39 is 0 Å². The Morgan fingerprint density at radius 3 is 2.35 bits per heavy atom. The average molecular weight is 382 g/mol. The summed E-state index contributed by atoms with van der Waals surface area (Å²) in [6.45, 7) is 2.12. The van der Waals surface area contributed by atoms with Crippen LogP contribution < -0.4 is 4.74 Å². The molecule has 104 valence electrons. The van der Waals surface area contributed by atoms with Gasteiger partial charge in [-0.05, 0) is 35.7 Å². The van der Waals surface area contributed by atoms with E-state index in [1.165, 1.54) is 12.7 Å². The highest BCUT2D eigenvalue weighted by Gasteiger charge is 2.14. The van der Waals surface area contributed by atoms with Crippen molar-refractivity contribution in [2.75, 3.05) is 7.11 Å². The highest BCUT2D eigenvalue weighted by molar-refractivity contribution is 14.1. The minimum atomic E-state index is -0.119. The zero-order chi connectivity index (χ0) is 14.7. The first-order chi connectivity index (χ1) is 9.58. The van der Waals surface area contributed by atoms with Gasteiger partial charge >= 0.3 is 0 Å². The normalized spacial score (nSPS) is 11.9. The first-order valence-electron chi connectivity index (χ1n) is 6.18. The molecule has 1 atom stereocenters. The molecule has 1 N–H and O–H groups in total. The van der Waals surface area contributed by atoms with Crippen molar-refractivity contribution in [2.45, 2.75) is 10.8 Å². The van der Waals surface area contributed by atoms with Crippen LogP contribution in [0.25, 0.3) is 11.1 Å². The van der Waals surface area contributed by atoms with Gasteiger partial charge in [-0.3, -0.25) is 4.79 Å². The molecule has 0 aliphatic carbocycles. The molecule has 0 fully saturated rings. The van der Waals surface area contributed by atoms with Crippen LogP contribution in [-0.4, -0.2) is 18.5 Å². The third-order valence-electron chi connectivity index (χ3n) is 3.20. The van der Waals surface area contributed by atoms with Gasteiger partial charge in [0.05, 0.1) is 12.7 Å². The van der Waals surface area contributed by atoms with E-state index >= 15 is 0 Å².